The van der Waals surface area contributed by atoms with Gasteiger partial charge in [0.2, 0.25) is 0 Å². The van der Waals surface area contributed by atoms with E-state index in [1.165, 1.54) is 43.2 Å². The lowest BCUT2D eigenvalue weighted by molar-refractivity contribution is -0.384. The van der Waals surface area contributed by atoms with Crippen LogP contribution in [0.3, 0.4) is 0 Å². The Morgan fingerprint density at radius 2 is 1.94 bits per heavy atom. The molecule has 0 bridgehead atoms. The van der Waals surface area contributed by atoms with Gasteiger partial charge in [-0.05, 0) is 19.1 Å². The lowest BCUT2D eigenvalue weighted by atomic mass is 10.2. The first-order valence-corrected chi connectivity index (χ1v) is 9.61. The Hall–Kier alpha value is -4.49. The average molecular weight is 460 g/mol. The molecule has 0 unspecified atom stereocenters. The Bertz CT molecular complexity index is 1370. The van der Waals surface area contributed by atoms with E-state index in [1.807, 2.05) is 0 Å². The molecular formula is C19H20N6O8. The first-order chi connectivity index (χ1) is 15.6. The molecule has 0 spiro atoms. The van der Waals surface area contributed by atoms with Crippen LogP contribution in [0.5, 0.6) is 5.75 Å². The summed E-state index contributed by atoms with van der Waals surface area (Å²) < 4.78 is 13.4. The van der Waals surface area contributed by atoms with Crippen LogP contribution in [0.1, 0.15) is 6.92 Å². The first-order valence-electron chi connectivity index (χ1n) is 9.61. The van der Waals surface area contributed by atoms with E-state index in [0.717, 1.165) is 9.13 Å². The molecule has 2 heterocycles. The fraction of sp³-hybridized carbons (Fsp3) is 0.316. The number of fused-ring (bicyclic) bond motifs is 1. The number of nitro benzene ring substituents is 1. The van der Waals surface area contributed by atoms with Crippen LogP contribution < -0.4 is 21.3 Å². The maximum absolute atomic E-state index is 12.4. The van der Waals surface area contributed by atoms with E-state index < -0.39 is 41.2 Å². The maximum atomic E-state index is 12.4. The van der Waals surface area contributed by atoms with Crippen LogP contribution in [0.2, 0.25) is 0 Å². The van der Waals surface area contributed by atoms with Crippen molar-refractivity contribution in [1.82, 2.24) is 18.7 Å². The summed E-state index contributed by atoms with van der Waals surface area (Å²) in [6.07, 6.45) is 1.20. The monoisotopic (exact) mass is 460 g/mol. The van der Waals surface area contributed by atoms with Crippen molar-refractivity contribution in [2.45, 2.75) is 13.5 Å². The van der Waals surface area contributed by atoms with Crippen LogP contribution in [0.4, 0.5) is 11.4 Å². The first kappa shape index (κ1) is 23.2. The highest BCUT2D eigenvalue weighted by molar-refractivity contribution is 5.95. The minimum atomic E-state index is -0.860. The van der Waals surface area contributed by atoms with Gasteiger partial charge < -0.3 is 19.4 Å². The van der Waals surface area contributed by atoms with Crippen LogP contribution >= 0.6 is 0 Å². The number of carbonyl (C=O) groups excluding carboxylic acids is 2. The molecule has 0 fully saturated rings. The average Bonchev–Trinajstić information content (AvgIpc) is 3.19. The number of nitro groups is 1. The highest BCUT2D eigenvalue weighted by Crippen LogP contribution is 2.29. The molecule has 14 heteroatoms. The van der Waals surface area contributed by atoms with Gasteiger partial charge in [0.25, 0.3) is 17.2 Å². The predicted molar refractivity (Wildman–Crippen MR) is 114 cm³/mol. The molecule has 0 aliphatic heterocycles. The van der Waals surface area contributed by atoms with Crippen molar-refractivity contribution in [3.8, 4) is 5.75 Å². The third kappa shape index (κ3) is 4.73. The molecule has 174 valence electrons. The maximum Gasteiger partial charge on any atom is 0.332 e. The van der Waals surface area contributed by atoms with E-state index in [4.69, 9.17) is 9.47 Å². The van der Waals surface area contributed by atoms with Crippen LogP contribution in [0, 0.1) is 10.1 Å². The zero-order valence-corrected chi connectivity index (χ0v) is 17.9. The molecule has 0 aliphatic rings. The Morgan fingerprint density at radius 3 is 2.61 bits per heavy atom. The normalized spacial score (nSPS) is 10.8. The molecule has 1 N–H and O–H groups in total. The predicted octanol–water partition coefficient (Wildman–Crippen LogP) is -0.0775. The number of nitrogens with one attached hydrogen (secondary N) is 1. The summed E-state index contributed by atoms with van der Waals surface area (Å²) in [6.45, 7) is 0.877. The highest BCUT2D eigenvalue weighted by atomic mass is 16.6. The van der Waals surface area contributed by atoms with Gasteiger partial charge in [-0.25, -0.2) is 9.78 Å². The van der Waals surface area contributed by atoms with Crippen molar-refractivity contribution < 1.29 is 24.0 Å². The number of amides is 1. The molecule has 14 nitrogen and oxygen atoms in total. The van der Waals surface area contributed by atoms with Crippen molar-refractivity contribution in [2.24, 2.45) is 14.1 Å². The molecule has 0 radical (unpaired) electrons. The second-order valence-corrected chi connectivity index (χ2v) is 6.83. The van der Waals surface area contributed by atoms with Gasteiger partial charge in [0.15, 0.2) is 17.8 Å². The fourth-order valence-corrected chi connectivity index (χ4v) is 3.06. The van der Waals surface area contributed by atoms with Crippen molar-refractivity contribution in [3.05, 3.63) is 55.5 Å². The molecular weight excluding hydrogens is 440 g/mol. The summed E-state index contributed by atoms with van der Waals surface area (Å²) in [5, 5.41) is 13.6. The SMILES string of the molecule is CCOc1ccc(NC(=O)COC(=O)Cn2cnc3c2c(=O)n(C)c(=O)n3C)c([N+](=O)[O-])c1. The number of rotatable bonds is 8. The molecule has 0 aliphatic carbocycles. The van der Waals surface area contributed by atoms with E-state index in [1.54, 1.807) is 6.92 Å². The molecule has 1 aromatic carbocycles. The van der Waals surface area contributed by atoms with Crippen molar-refractivity contribution in [3.63, 3.8) is 0 Å². The number of aryl methyl sites for hydroxylation is 1. The minimum absolute atomic E-state index is 0.0195. The lowest BCUT2D eigenvalue weighted by Crippen LogP contribution is -2.37. The number of imidazole rings is 1. The number of nitrogens with zero attached hydrogens (tertiary/aromatic N) is 5. The minimum Gasteiger partial charge on any atom is -0.494 e. The number of ether oxygens (including phenoxy) is 2. The van der Waals surface area contributed by atoms with E-state index in [0.29, 0.717) is 6.61 Å². The zero-order chi connectivity index (χ0) is 24.3. The summed E-state index contributed by atoms with van der Waals surface area (Å²) in [5.74, 6) is -1.39. The van der Waals surface area contributed by atoms with Gasteiger partial charge in [-0.2, -0.15) is 0 Å². The number of carbonyl (C=O) groups is 2. The summed E-state index contributed by atoms with van der Waals surface area (Å²) in [4.78, 5) is 63.3. The third-order valence-corrected chi connectivity index (χ3v) is 4.63. The number of hydrogen-bond acceptors (Lipinski definition) is 9. The fourth-order valence-electron chi connectivity index (χ4n) is 3.06. The van der Waals surface area contributed by atoms with E-state index >= 15 is 0 Å². The van der Waals surface area contributed by atoms with Crippen molar-refractivity contribution in [2.75, 3.05) is 18.5 Å². The Kier molecular flexibility index (Phi) is 6.56. The van der Waals surface area contributed by atoms with Crippen LogP contribution in [0.25, 0.3) is 11.2 Å². The van der Waals surface area contributed by atoms with Gasteiger partial charge in [0.1, 0.15) is 18.0 Å². The summed E-state index contributed by atoms with van der Waals surface area (Å²) in [6, 6.07) is 3.93. The van der Waals surface area contributed by atoms with Crippen LogP contribution in [-0.2, 0) is 35.0 Å². The van der Waals surface area contributed by atoms with Gasteiger partial charge in [0.05, 0.1) is 23.9 Å². The highest BCUT2D eigenvalue weighted by Gasteiger charge is 2.19. The van der Waals surface area contributed by atoms with Gasteiger partial charge in [-0.3, -0.25) is 33.6 Å². The summed E-state index contributed by atoms with van der Waals surface area (Å²) in [5.41, 5.74) is -1.57. The van der Waals surface area contributed by atoms with E-state index in [-0.39, 0.29) is 28.3 Å². The second kappa shape index (κ2) is 9.33. The zero-order valence-electron chi connectivity index (χ0n) is 17.9. The Balaban J connectivity index is 1.68. The van der Waals surface area contributed by atoms with Crippen LogP contribution in [0.15, 0.2) is 34.1 Å². The van der Waals surface area contributed by atoms with Crippen molar-refractivity contribution in [1.29, 1.82) is 0 Å². The largest absolute Gasteiger partial charge is 0.494 e. The molecule has 2 aromatic heterocycles. The molecule has 1 amide bonds. The molecule has 33 heavy (non-hydrogen) atoms. The van der Waals surface area contributed by atoms with E-state index in [9.17, 15) is 29.3 Å². The number of aromatic nitrogens is 4. The third-order valence-electron chi connectivity index (χ3n) is 4.63. The topological polar surface area (TPSA) is 170 Å². The second-order valence-electron chi connectivity index (χ2n) is 6.83. The molecule has 3 rings (SSSR count). The number of esters is 1. The van der Waals surface area contributed by atoms with Gasteiger partial charge in [-0.1, -0.05) is 0 Å². The smallest absolute Gasteiger partial charge is 0.332 e. The lowest BCUT2D eigenvalue weighted by Gasteiger charge is -2.09. The number of hydrogen-bond donors (Lipinski definition) is 1. The Morgan fingerprint density at radius 1 is 1.21 bits per heavy atom. The van der Waals surface area contributed by atoms with E-state index in [2.05, 4.69) is 10.3 Å². The van der Waals surface area contributed by atoms with Gasteiger partial charge in [0, 0.05) is 14.1 Å². The standard InChI is InChI=1S/C19H20N6O8/c1-4-32-11-5-6-12(13(7-11)25(30)31)21-14(26)9-33-15(27)8-24-10-20-17-16(24)18(28)23(3)19(29)22(17)2/h5-7,10H,4,8-9H2,1-3H3,(H,21,26). The van der Waals surface area contributed by atoms with Crippen molar-refractivity contribution >= 4 is 34.4 Å². The molecule has 0 saturated heterocycles. The molecule has 0 saturated carbocycles. The number of benzene rings is 1. The quantitative estimate of drug-likeness (QED) is 0.274. The molecule has 3 aromatic rings. The summed E-state index contributed by atoms with van der Waals surface area (Å²) in [7, 11) is 2.73. The molecule has 0 atom stereocenters. The van der Waals surface area contributed by atoms with Gasteiger partial charge in [-0.15, -0.1) is 0 Å². The van der Waals surface area contributed by atoms with Crippen LogP contribution in [-0.4, -0.2) is 48.7 Å². The summed E-state index contributed by atoms with van der Waals surface area (Å²) >= 11 is 0. The number of anilines is 1. The Labute approximate surface area is 185 Å². The van der Waals surface area contributed by atoms with Gasteiger partial charge >= 0.3 is 11.7 Å².